The van der Waals surface area contributed by atoms with Crippen LogP contribution in [-0.2, 0) is 4.79 Å². The highest BCUT2D eigenvalue weighted by Crippen LogP contribution is 2.39. The third kappa shape index (κ3) is 4.88. The SMILES string of the molecule is CC.CC.Cc1sc2c(c1C)C(c1ccc(Cl)cc1)=NC(CC(=O)O)c1nnc(C)n1-2. The highest BCUT2D eigenvalue weighted by Gasteiger charge is 2.32. The monoisotopic (exact) mass is 460 g/mol. The van der Waals surface area contributed by atoms with E-state index in [4.69, 9.17) is 16.6 Å². The first kappa shape index (κ1) is 24.8. The van der Waals surface area contributed by atoms with Gasteiger partial charge in [0.25, 0.3) is 0 Å². The molecule has 1 N–H and O–H groups in total. The number of aliphatic carboxylic acids is 1. The molecule has 0 saturated heterocycles. The Balaban J connectivity index is 0.000000807. The van der Waals surface area contributed by atoms with Crippen LogP contribution in [0.2, 0.25) is 5.02 Å². The number of thiophene rings is 1. The number of aliphatic imine (C=N–C) groups is 1. The molecule has 0 bridgehead atoms. The summed E-state index contributed by atoms with van der Waals surface area (Å²) >= 11 is 7.70. The minimum Gasteiger partial charge on any atom is -0.481 e. The smallest absolute Gasteiger partial charge is 0.306 e. The minimum absolute atomic E-state index is 0.151. The lowest BCUT2D eigenvalue weighted by Gasteiger charge is -2.10. The summed E-state index contributed by atoms with van der Waals surface area (Å²) in [5.41, 5.74) is 3.78. The Bertz CT molecular complexity index is 1080. The van der Waals surface area contributed by atoms with Gasteiger partial charge >= 0.3 is 5.97 Å². The summed E-state index contributed by atoms with van der Waals surface area (Å²) in [6, 6.07) is 6.84. The number of hydrogen-bond acceptors (Lipinski definition) is 5. The maximum absolute atomic E-state index is 11.5. The summed E-state index contributed by atoms with van der Waals surface area (Å²) in [4.78, 5) is 17.5. The molecule has 4 rings (SSSR count). The van der Waals surface area contributed by atoms with Crippen molar-refractivity contribution < 1.29 is 9.90 Å². The van der Waals surface area contributed by atoms with Gasteiger partial charge in [-0.3, -0.25) is 14.4 Å². The first-order valence-electron chi connectivity index (χ1n) is 10.4. The van der Waals surface area contributed by atoms with Crippen molar-refractivity contribution >= 4 is 34.6 Å². The van der Waals surface area contributed by atoms with Crippen molar-refractivity contribution in [3.63, 3.8) is 0 Å². The second kappa shape index (κ2) is 10.7. The molecule has 8 heteroatoms. The molecule has 0 saturated carbocycles. The molecular weight excluding hydrogens is 432 g/mol. The molecule has 3 aromatic rings. The van der Waals surface area contributed by atoms with Crippen molar-refractivity contribution in [1.82, 2.24) is 14.8 Å². The highest BCUT2D eigenvalue weighted by molar-refractivity contribution is 7.15. The van der Waals surface area contributed by atoms with Crippen molar-refractivity contribution in [3.8, 4) is 5.00 Å². The third-order valence-electron chi connectivity index (χ3n) is 4.73. The molecule has 0 aliphatic carbocycles. The van der Waals surface area contributed by atoms with E-state index in [-0.39, 0.29) is 6.42 Å². The van der Waals surface area contributed by atoms with Gasteiger partial charge in [-0.15, -0.1) is 21.5 Å². The Morgan fingerprint density at radius 1 is 1.10 bits per heavy atom. The van der Waals surface area contributed by atoms with E-state index in [9.17, 15) is 9.90 Å². The molecule has 3 heterocycles. The number of halogens is 1. The quantitative estimate of drug-likeness (QED) is 0.495. The van der Waals surface area contributed by atoms with E-state index in [0.717, 1.165) is 33.2 Å². The summed E-state index contributed by atoms with van der Waals surface area (Å²) in [6.07, 6.45) is -0.151. The number of rotatable bonds is 3. The van der Waals surface area contributed by atoms with E-state index >= 15 is 0 Å². The van der Waals surface area contributed by atoms with E-state index in [0.29, 0.717) is 10.8 Å². The molecule has 1 unspecified atom stereocenters. The average molecular weight is 461 g/mol. The largest absolute Gasteiger partial charge is 0.481 e. The zero-order chi connectivity index (χ0) is 23.3. The second-order valence-corrected chi connectivity index (χ2v) is 8.14. The number of hydrogen-bond donors (Lipinski definition) is 1. The van der Waals surface area contributed by atoms with Gasteiger partial charge < -0.3 is 5.11 Å². The second-order valence-electron chi connectivity index (χ2n) is 6.50. The highest BCUT2D eigenvalue weighted by atomic mass is 35.5. The lowest BCUT2D eigenvalue weighted by Crippen LogP contribution is -2.10. The maximum atomic E-state index is 11.5. The number of carbonyl (C=O) groups is 1. The van der Waals surface area contributed by atoms with Gasteiger partial charge in [0.05, 0.1) is 12.1 Å². The summed E-state index contributed by atoms with van der Waals surface area (Å²) in [5.74, 6) is 0.348. The molecule has 166 valence electrons. The van der Waals surface area contributed by atoms with E-state index in [1.54, 1.807) is 11.3 Å². The topological polar surface area (TPSA) is 80.4 Å². The first-order chi connectivity index (χ1) is 14.9. The third-order valence-corrected chi connectivity index (χ3v) is 6.17. The van der Waals surface area contributed by atoms with Crippen LogP contribution in [0.3, 0.4) is 0 Å². The number of nitrogens with zero attached hydrogens (tertiary/aromatic N) is 4. The molecule has 1 atom stereocenters. The van der Waals surface area contributed by atoms with Crippen LogP contribution in [0.5, 0.6) is 0 Å². The van der Waals surface area contributed by atoms with E-state index in [1.807, 2.05) is 63.5 Å². The number of aryl methyl sites for hydroxylation is 2. The lowest BCUT2D eigenvalue weighted by molar-refractivity contribution is -0.137. The Hall–Kier alpha value is -2.51. The van der Waals surface area contributed by atoms with Gasteiger partial charge in [-0.2, -0.15) is 0 Å². The fraction of sp³-hybridized carbons (Fsp3) is 0.391. The van der Waals surface area contributed by atoms with Gasteiger partial charge in [0.1, 0.15) is 16.9 Å². The fourth-order valence-corrected chi connectivity index (χ4v) is 4.64. The number of carboxylic acids is 1. The number of fused-ring (bicyclic) bond motifs is 3. The van der Waals surface area contributed by atoms with Crippen LogP contribution >= 0.6 is 22.9 Å². The lowest BCUT2D eigenvalue weighted by atomic mass is 9.99. The van der Waals surface area contributed by atoms with Crippen LogP contribution in [0.15, 0.2) is 29.3 Å². The van der Waals surface area contributed by atoms with Gasteiger partial charge in [-0.25, -0.2) is 0 Å². The van der Waals surface area contributed by atoms with E-state index < -0.39 is 12.0 Å². The molecule has 2 aromatic heterocycles. The molecule has 6 nitrogen and oxygen atoms in total. The standard InChI is InChI=1S/C19H17ClN4O2S.2C2H6/c1-9-10(2)27-19-16(9)17(12-4-6-13(20)7-5-12)21-14(8-15(25)26)18-23-22-11(3)24(18)19;2*1-2/h4-7,14H,8H2,1-3H3,(H,25,26);2*1-2H3. The number of benzene rings is 1. The van der Waals surface area contributed by atoms with Crippen molar-refractivity contribution in [2.75, 3.05) is 0 Å². The summed E-state index contributed by atoms with van der Waals surface area (Å²) in [7, 11) is 0. The summed E-state index contributed by atoms with van der Waals surface area (Å²) in [5, 5.41) is 19.5. The Morgan fingerprint density at radius 3 is 2.29 bits per heavy atom. The van der Waals surface area contributed by atoms with Gasteiger partial charge in [0.2, 0.25) is 0 Å². The van der Waals surface area contributed by atoms with Gasteiger partial charge in [-0.1, -0.05) is 51.4 Å². The molecule has 1 aliphatic rings. The van der Waals surface area contributed by atoms with E-state index in [1.165, 1.54) is 4.88 Å². The molecule has 0 spiro atoms. The van der Waals surface area contributed by atoms with Crippen LogP contribution in [-0.4, -0.2) is 31.6 Å². The van der Waals surface area contributed by atoms with E-state index in [2.05, 4.69) is 24.0 Å². The Kier molecular flexibility index (Phi) is 8.53. The number of carboxylic acid groups (broad SMARTS) is 1. The zero-order valence-corrected chi connectivity index (χ0v) is 20.6. The minimum atomic E-state index is -0.926. The predicted molar refractivity (Wildman–Crippen MR) is 128 cm³/mol. The summed E-state index contributed by atoms with van der Waals surface area (Å²) < 4.78 is 1.94. The molecule has 0 fully saturated rings. The van der Waals surface area contributed by atoms with Crippen LogP contribution in [0, 0.1) is 20.8 Å². The maximum Gasteiger partial charge on any atom is 0.306 e. The van der Waals surface area contributed by atoms with Gasteiger partial charge in [-0.05, 0) is 38.5 Å². The van der Waals surface area contributed by atoms with Crippen molar-refractivity contribution in [1.29, 1.82) is 0 Å². The van der Waals surface area contributed by atoms with Crippen molar-refractivity contribution in [3.05, 3.63) is 62.5 Å². The van der Waals surface area contributed by atoms with Crippen LogP contribution in [0.1, 0.15) is 73.4 Å². The predicted octanol–water partition coefficient (Wildman–Crippen LogP) is 6.33. The van der Waals surface area contributed by atoms with Crippen molar-refractivity contribution in [2.24, 2.45) is 4.99 Å². The molecule has 0 amide bonds. The molecular formula is C23H29ClN4O2S. The van der Waals surface area contributed by atoms with Crippen LogP contribution < -0.4 is 0 Å². The van der Waals surface area contributed by atoms with Gasteiger partial charge in [0.15, 0.2) is 5.82 Å². The number of aromatic nitrogens is 3. The van der Waals surface area contributed by atoms with Crippen LogP contribution in [0.25, 0.3) is 5.00 Å². The fourth-order valence-electron chi connectivity index (χ4n) is 3.30. The summed E-state index contributed by atoms with van der Waals surface area (Å²) in [6.45, 7) is 14.0. The Morgan fingerprint density at radius 2 is 1.71 bits per heavy atom. The van der Waals surface area contributed by atoms with Crippen LogP contribution in [0.4, 0.5) is 0 Å². The normalized spacial score (nSPS) is 14.1. The zero-order valence-electron chi connectivity index (χ0n) is 19.0. The average Bonchev–Trinajstić information content (AvgIpc) is 3.24. The molecule has 31 heavy (non-hydrogen) atoms. The van der Waals surface area contributed by atoms with Crippen molar-refractivity contribution in [2.45, 2.75) is 60.9 Å². The molecule has 0 radical (unpaired) electrons. The molecule has 1 aliphatic heterocycles. The van der Waals surface area contributed by atoms with Gasteiger partial charge in [0, 0.05) is 21.0 Å². The molecule has 1 aromatic carbocycles. The Labute approximate surface area is 192 Å². The first-order valence-corrected chi connectivity index (χ1v) is 11.6.